The summed E-state index contributed by atoms with van der Waals surface area (Å²) in [5.41, 5.74) is 7.60. The molecule has 0 aliphatic carbocycles. The average molecular weight is 191 g/mol. The van der Waals surface area contributed by atoms with Crippen molar-refractivity contribution in [3.8, 4) is 10.7 Å². The molecule has 0 spiro atoms. The molecule has 2 heterocycles. The van der Waals surface area contributed by atoms with Crippen LogP contribution in [0, 0.1) is 6.92 Å². The first-order chi connectivity index (χ1) is 6.25. The molecule has 2 N–H and O–H groups in total. The number of aromatic nitrogens is 2. The second-order valence-electron chi connectivity index (χ2n) is 2.80. The highest BCUT2D eigenvalue weighted by molar-refractivity contribution is 7.13. The number of hydrogen-bond acceptors (Lipinski definition) is 4. The highest BCUT2D eigenvalue weighted by Crippen LogP contribution is 2.22. The maximum absolute atomic E-state index is 5.53. The fourth-order valence-corrected chi connectivity index (χ4v) is 1.73. The molecule has 0 saturated carbocycles. The molecule has 3 nitrogen and oxygen atoms in total. The molecule has 0 radical (unpaired) electrons. The van der Waals surface area contributed by atoms with Crippen LogP contribution in [0.25, 0.3) is 10.7 Å². The van der Waals surface area contributed by atoms with Gasteiger partial charge in [0.25, 0.3) is 0 Å². The highest BCUT2D eigenvalue weighted by Gasteiger charge is 2.03. The average Bonchev–Trinajstić information content (AvgIpc) is 2.52. The smallest absolute Gasteiger partial charge is 0.144 e. The van der Waals surface area contributed by atoms with Crippen molar-refractivity contribution in [2.24, 2.45) is 0 Å². The minimum atomic E-state index is 0.559. The topological polar surface area (TPSA) is 51.8 Å². The van der Waals surface area contributed by atoms with Crippen LogP contribution in [0.4, 0.5) is 5.82 Å². The summed E-state index contributed by atoms with van der Waals surface area (Å²) < 4.78 is 0. The lowest BCUT2D eigenvalue weighted by Gasteiger charge is -1.95. The molecule has 0 fully saturated rings. The van der Waals surface area contributed by atoms with Gasteiger partial charge < -0.3 is 5.73 Å². The van der Waals surface area contributed by atoms with Crippen molar-refractivity contribution in [2.45, 2.75) is 6.92 Å². The van der Waals surface area contributed by atoms with Gasteiger partial charge >= 0.3 is 0 Å². The zero-order chi connectivity index (χ0) is 9.26. The predicted molar refractivity (Wildman–Crippen MR) is 54.5 cm³/mol. The lowest BCUT2D eigenvalue weighted by molar-refractivity contribution is 1.26. The van der Waals surface area contributed by atoms with Crippen LogP contribution < -0.4 is 5.73 Å². The first-order valence-corrected chi connectivity index (χ1v) is 4.78. The SMILES string of the molecule is Cc1ccnc(-c2nc(N)cs2)c1. The standard InChI is InChI=1S/C9H9N3S/c1-6-2-3-11-7(4-6)9-12-8(10)5-13-9/h2-5H,10H2,1H3. The molecular weight excluding hydrogens is 182 g/mol. The van der Waals surface area contributed by atoms with Crippen molar-refractivity contribution in [3.05, 3.63) is 29.3 Å². The second-order valence-corrected chi connectivity index (χ2v) is 3.65. The van der Waals surface area contributed by atoms with E-state index >= 15 is 0 Å². The Morgan fingerprint density at radius 2 is 2.31 bits per heavy atom. The van der Waals surface area contributed by atoms with Crippen molar-refractivity contribution in [2.75, 3.05) is 5.73 Å². The van der Waals surface area contributed by atoms with Gasteiger partial charge in [-0.2, -0.15) is 0 Å². The minimum absolute atomic E-state index is 0.559. The van der Waals surface area contributed by atoms with E-state index in [0.717, 1.165) is 10.7 Å². The van der Waals surface area contributed by atoms with Crippen molar-refractivity contribution in [1.29, 1.82) is 0 Å². The van der Waals surface area contributed by atoms with Crippen LogP contribution in [0.15, 0.2) is 23.7 Å². The van der Waals surface area contributed by atoms with Crippen LogP contribution in [-0.2, 0) is 0 Å². The molecule has 0 saturated heterocycles. The van der Waals surface area contributed by atoms with Gasteiger partial charge in [-0.3, -0.25) is 4.98 Å². The Morgan fingerprint density at radius 3 is 2.92 bits per heavy atom. The first-order valence-electron chi connectivity index (χ1n) is 3.90. The Bertz CT molecular complexity index is 422. The van der Waals surface area contributed by atoms with E-state index in [1.165, 1.54) is 16.9 Å². The second kappa shape index (κ2) is 3.14. The number of nitrogens with two attached hydrogens (primary N) is 1. The van der Waals surface area contributed by atoms with Crippen LogP contribution in [0.3, 0.4) is 0 Å². The van der Waals surface area contributed by atoms with Crippen molar-refractivity contribution in [3.63, 3.8) is 0 Å². The number of pyridine rings is 1. The van der Waals surface area contributed by atoms with Gasteiger partial charge in [0, 0.05) is 11.6 Å². The van der Waals surface area contributed by atoms with E-state index in [0.29, 0.717) is 5.82 Å². The highest BCUT2D eigenvalue weighted by atomic mass is 32.1. The van der Waals surface area contributed by atoms with Gasteiger partial charge in [-0.25, -0.2) is 4.98 Å². The molecule has 2 aromatic heterocycles. The Kier molecular flexibility index (Phi) is 1.98. The molecule has 13 heavy (non-hydrogen) atoms. The number of nitrogens with zero attached hydrogens (tertiary/aromatic N) is 2. The number of hydrogen-bond donors (Lipinski definition) is 1. The molecular formula is C9H9N3S. The normalized spacial score (nSPS) is 10.2. The summed E-state index contributed by atoms with van der Waals surface area (Å²) in [4.78, 5) is 8.37. The van der Waals surface area contributed by atoms with E-state index in [-0.39, 0.29) is 0 Å². The fraction of sp³-hybridized carbons (Fsp3) is 0.111. The van der Waals surface area contributed by atoms with E-state index in [9.17, 15) is 0 Å². The monoisotopic (exact) mass is 191 g/mol. The van der Waals surface area contributed by atoms with Gasteiger partial charge in [-0.15, -0.1) is 11.3 Å². The summed E-state index contributed by atoms with van der Waals surface area (Å²) in [6.07, 6.45) is 1.78. The quantitative estimate of drug-likeness (QED) is 0.751. The van der Waals surface area contributed by atoms with Gasteiger partial charge in [-0.05, 0) is 24.6 Å². The Morgan fingerprint density at radius 1 is 1.46 bits per heavy atom. The Labute approximate surface area is 80.3 Å². The van der Waals surface area contributed by atoms with Gasteiger partial charge in [0.15, 0.2) is 0 Å². The number of thiazole rings is 1. The molecule has 2 rings (SSSR count). The lowest BCUT2D eigenvalue weighted by Crippen LogP contribution is -1.86. The van der Waals surface area contributed by atoms with E-state index in [1.54, 1.807) is 6.20 Å². The largest absolute Gasteiger partial charge is 0.383 e. The molecule has 0 aliphatic heterocycles. The third-order valence-electron chi connectivity index (χ3n) is 1.66. The van der Waals surface area contributed by atoms with E-state index in [1.807, 2.05) is 24.4 Å². The van der Waals surface area contributed by atoms with Gasteiger partial charge in [0.2, 0.25) is 0 Å². The zero-order valence-corrected chi connectivity index (χ0v) is 8.01. The molecule has 0 atom stereocenters. The van der Waals surface area contributed by atoms with E-state index in [2.05, 4.69) is 9.97 Å². The molecule has 0 amide bonds. The molecule has 4 heteroatoms. The van der Waals surface area contributed by atoms with Crippen molar-refractivity contribution < 1.29 is 0 Å². The maximum atomic E-state index is 5.53. The fourth-order valence-electron chi connectivity index (χ4n) is 1.06. The van der Waals surface area contributed by atoms with Crippen LogP contribution in [0.2, 0.25) is 0 Å². The molecule has 2 aromatic rings. The lowest BCUT2D eigenvalue weighted by atomic mass is 10.2. The Balaban J connectivity index is 2.46. The van der Waals surface area contributed by atoms with Crippen LogP contribution in [-0.4, -0.2) is 9.97 Å². The molecule has 0 aliphatic rings. The van der Waals surface area contributed by atoms with Crippen LogP contribution in [0.5, 0.6) is 0 Å². The Hall–Kier alpha value is -1.42. The number of anilines is 1. The van der Waals surface area contributed by atoms with E-state index < -0.39 is 0 Å². The summed E-state index contributed by atoms with van der Waals surface area (Å²) in [7, 11) is 0. The summed E-state index contributed by atoms with van der Waals surface area (Å²) >= 11 is 1.51. The van der Waals surface area contributed by atoms with E-state index in [4.69, 9.17) is 5.73 Å². The third-order valence-corrected chi connectivity index (χ3v) is 2.54. The van der Waals surface area contributed by atoms with Crippen LogP contribution >= 0.6 is 11.3 Å². The van der Waals surface area contributed by atoms with Crippen LogP contribution in [0.1, 0.15) is 5.56 Å². The minimum Gasteiger partial charge on any atom is -0.383 e. The number of rotatable bonds is 1. The predicted octanol–water partition coefficient (Wildman–Crippen LogP) is 2.10. The molecule has 66 valence electrons. The van der Waals surface area contributed by atoms with Gasteiger partial charge in [0.1, 0.15) is 10.8 Å². The molecule has 0 unspecified atom stereocenters. The summed E-state index contributed by atoms with van der Waals surface area (Å²) in [6.45, 7) is 2.03. The van der Waals surface area contributed by atoms with Gasteiger partial charge in [-0.1, -0.05) is 0 Å². The third kappa shape index (κ3) is 1.67. The number of nitrogen functional groups attached to an aromatic ring is 1. The molecule has 0 aromatic carbocycles. The maximum Gasteiger partial charge on any atom is 0.144 e. The van der Waals surface area contributed by atoms with Gasteiger partial charge in [0.05, 0.1) is 5.69 Å². The van der Waals surface area contributed by atoms with Crippen molar-refractivity contribution >= 4 is 17.2 Å². The zero-order valence-electron chi connectivity index (χ0n) is 7.19. The summed E-state index contributed by atoms with van der Waals surface area (Å²) in [5, 5.41) is 2.69. The summed E-state index contributed by atoms with van der Waals surface area (Å²) in [6, 6.07) is 3.96. The first kappa shape index (κ1) is 8.19. The molecule has 0 bridgehead atoms. The van der Waals surface area contributed by atoms with Crippen molar-refractivity contribution in [1.82, 2.24) is 9.97 Å². The number of aryl methyl sites for hydroxylation is 1. The summed E-state index contributed by atoms with van der Waals surface area (Å²) in [5.74, 6) is 0.559.